The van der Waals surface area contributed by atoms with E-state index in [0.717, 1.165) is 0 Å². The lowest BCUT2D eigenvalue weighted by Gasteiger charge is -2.32. The van der Waals surface area contributed by atoms with Gasteiger partial charge in [-0.05, 0) is 26.0 Å². The van der Waals surface area contributed by atoms with Crippen LogP contribution in [0.15, 0.2) is 24.3 Å². The molecular formula is C14H18N2O4. The second kappa shape index (κ2) is 6.38. The van der Waals surface area contributed by atoms with Crippen LogP contribution >= 0.6 is 0 Å². The highest BCUT2D eigenvalue weighted by molar-refractivity contribution is 6.00. The molecule has 1 aromatic rings. The molecule has 1 atom stereocenters. The van der Waals surface area contributed by atoms with Crippen LogP contribution in [0.25, 0.3) is 0 Å². The molecule has 20 heavy (non-hydrogen) atoms. The second-order valence-electron chi connectivity index (χ2n) is 4.43. The monoisotopic (exact) mass is 278 g/mol. The normalized spacial score (nSPS) is 17.4. The van der Waals surface area contributed by atoms with Crippen molar-refractivity contribution in [2.75, 3.05) is 18.1 Å². The Balaban J connectivity index is 2.06. The molecule has 0 spiro atoms. The average Bonchev–Trinajstić information content (AvgIpc) is 2.45. The topological polar surface area (TPSA) is 67.9 Å². The minimum Gasteiger partial charge on any atom is -0.479 e. The van der Waals surface area contributed by atoms with E-state index in [-0.39, 0.29) is 18.2 Å². The van der Waals surface area contributed by atoms with E-state index >= 15 is 0 Å². The number of anilines is 1. The summed E-state index contributed by atoms with van der Waals surface area (Å²) in [6.07, 6.45) is -0.368. The van der Waals surface area contributed by atoms with Crippen LogP contribution in [0.5, 0.6) is 5.75 Å². The number of benzene rings is 1. The SMILES string of the molecule is CCONC(=O)CCN1C(=O)[C@H](C)Oc2ccccc21. The van der Waals surface area contributed by atoms with Gasteiger partial charge in [0.05, 0.1) is 12.3 Å². The molecule has 0 radical (unpaired) electrons. The molecule has 0 bridgehead atoms. The molecule has 2 rings (SSSR count). The summed E-state index contributed by atoms with van der Waals surface area (Å²) in [6, 6.07) is 7.30. The number of hydroxylamine groups is 1. The molecule has 0 aliphatic carbocycles. The number of hydrogen-bond acceptors (Lipinski definition) is 4. The van der Waals surface area contributed by atoms with Crippen molar-refractivity contribution in [1.82, 2.24) is 5.48 Å². The minimum atomic E-state index is -0.542. The number of ether oxygens (including phenoxy) is 1. The Hall–Kier alpha value is -2.08. The first kappa shape index (κ1) is 14.3. The van der Waals surface area contributed by atoms with Crippen molar-refractivity contribution in [2.45, 2.75) is 26.4 Å². The fraction of sp³-hybridized carbons (Fsp3) is 0.429. The number of rotatable bonds is 5. The van der Waals surface area contributed by atoms with Crippen molar-refractivity contribution in [3.63, 3.8) is 0 Å². The van der Waals surface area contributed by atoms with Crippen LogP contribution in [-0.2, 0) is 14.4 Å². The minimum absolute atomic E-state index is 0.145. The largest absolute Gasteiger partial charge is 0.479 e. The first-order valence-electron chi connectivity index (χ1n) is 6.61. The van der Waals surface area contributed by atoms with Gasteiger partial charge < -0.3 is 9.64 Å². The number of nitrogens with one attached hydrogen (secondary N) is 1. The van der Waals surface area contributed by atoms with Crippen molar-refractivity contribution in [3.05, 3.63) is 24.3 Å². The molecular weight excluding hydrogens is 260 g/mol. The Morgan fingerprint density at radius 2 is 2.20 bits per heavy atom. The van der Waals surface area contributed by atoms with Crippen LogP contribution in [0.3, 0.4) is 0 Å². The summed E-state index contributed by atoms with van der Waals surface area (Å²) in [4.78, 5) is 30.1. The van der Waals surface area contributed by atoms with Crippen molar-refractivity contribution < 1.29 is 19.2 Å². The smallest absolute Gasteiger partial charge is 0.267 e. The Labute approximate surface area is 117 Å². The summed E-state index contributed by atoms with van der Waals surface area (Å²) in [5, 5.41) is 0. The third-order valence-corrected chi connectivity index (χ3v) is 2.97. The molecule has 1 aliphatic heterocycles. The molecule has 0 unspecified atom stereocenters. The number of amides is 2. The molecule has 0 saturated carbocycles. The Morgan fingerprint density at radius 1 is 1.45 bits per heavy atom. The third-order valence-electron chi connectivity index (χ3n) is 2.97. The van der Waals surface area contributed by atoms with E-state index in [2.05, 4.69) is 5.48 Å². The average molecular weight is 278 g/mol. The third kappa shape index (κ3) is 3.08. The molecule has 1 aliphatic rings. The summed E-state index contributed by atoms with van der Waals surface area (Å²) in [6.45, 7) is 4.18. The van der Waals surface area contributed by atoms with E-state index in [0.29, 0.717) is 24.6 Å². The van der Waals surface area contributed by atoms with Crippen LogP contribution < -0.4 is 15.1 Å². The first-order valence-corrected chi connectivity index (χ1v) is 6.61. The van der Waals surface area contributed by atoms with E-state index in [9.17, 15) is 9.59 Å². The summed E-state index contributed by atoms with van der Waals surface area (Å²) in [5.41, 5.74) is 3.01. The van der Waals surface area contributed by atoms with E-state index < -0.39 is 6.10 Å². The van der Waals surface area contributed by atoms with Crippen molar-refractivity contribution in [3.8, 4) is 5.75 Å². The van der Waals surface area contributed by atoms with Gasteiger partial charge in [0, 0.05) is 13.0 Å². The maximum atomic E-state index is 12.2. The predicted molar refractivity (Wildman–Crippen MR) is 73.3 cm³/mol. The van der Waals surface area contributed by atoms with Gasteiger partial charge in [-0.25, -0.2) is 5.48 Å². The van der Waals surface area contributed by atoms with Crippen molar-refractivity contribution in [2.24, 2.45) is 0 Å². The van der Waals surface area contributed by atoms with Gasteiger partial charge in [-0.1, -0.05) is 12.1 Å². The second-order valence-corrected chi connectivity index (χ2v) is 4.43. The van der Waals surface area contributed by atoms with Crippen LogP contribution in [-0.4, -0.2) is 31.1 Å². The molecule has 1 aromatic carbocycles. The summed E-state index contributed by atoms with van der Waals surface area (Å²) in [5.74, 6) is 0.258. The molecule has 108 valence electrons. The van der Waals surface area contributed by atoms with Crippen molar-refractivity contribution >= 4 is 17.5 Å². The Bertz CT molecular complexity index is 504. The van der Waals surface area contributed by atoms with Gasteiger partial charge in [-0.15, -0.1) is 0 Å². The van der Waals surface area contributed by atoms with Gasteiger partial charge >= 0.3 is 0 Å². The summed E-state index contributed by atoms with van der Waals surface area (Å²) < 4.78 is 5.53. The van der Waals surface area contributed by atoms with Gasteiger partial charge in [0.1, 0.15) is 5.75 Å². The maximum absolute atomic E-state index is 12.2. The van der Waals surface area contributed by atoms with E-state index in [1.54, 1.807) is 24.8 Å². The standard InChI is InChI=1S/C14H18N2O4/c1-3-19-15-13(17)8-9-16-11-6-4-5-7-12(11)20-10(2)14(16)18/h4-7,10H,3,8-9H2,1-2H3,(H,15,17)/t10-/m0/s1. The highest BCUT2D eigenvalue weighted by atomic mass is 16.6. The van der Waals surface area contributed by atoms with Gasteiger partial charge in [0.15, 0.2) is 6.10 Å². The zero-order valence-electron chi connectivity index (χ0n) is 11.6. The lowest BCUT2D eigenvalue weighted by molar-refractivity contribution is -0.133. The van der Waals surface area contributed by atoms with Gasteiger partial charge in [-0.2, -0.15) is 0 Å². The summed E-state index contributed by atoms with van der Waals surface area (Å²) in [7, 11) is 0. The lowest BCUT2D eigenvalue weighted by atomic mass is 10.1. The predicted octanol–water partition coefficient (Wildman–Crippen LogP) is 1.26. The van der Waals surface area contributed by atoms with Crippen molar-refractivity contribution in [1.29, 1.82) is 0 Å². The van der Waals surface area contributed by atoms with Crippen LogP contribution in [0, 0.1) is 0 Å². The quantitative estimate of drug-likeness (QED) is 0.823. The van der Waals surface area contributed by atoms with Crippen LogP contribution in [0.4, 0.5) is 5.69 Å². The number of carbonyl (C=O) groups excluding carboxylic acids is 2. The van der Waals surface area contributed by atoms with E-state index in [4.69, 9.17) is 9.57 Å². The molecule has 6 nitrogen and oxygen atoms in total. The van der Waals surface area contributed by atoms with Gasteiger partial charge in [-0.3, -0.25) is 14.4 Å². The molecule has 6 heteroatoms. The first-order chi connectivity index (χ1) is 9.63. The number of para-hydroxylation sites is 2. The highest BCUT2D eigenvalue weighted by Gasteiger charge is 2.31. The summed E-state index contributed by atoms with van der Waals surface area (Å²) >= 11 is 0. The number of carbonyl (C=O) groups is 2. The van der Waals surface area contributed by atoms with E-state index in [1.165, 1.54) is 0 Å². The fourth-order valence-electron chi connectivity index (χ4n) is 2.01. The number of nitrogens with zero attached hydrogens (tertiary/aromatic N) is 1. The Kier molecular flexibility index (Phi) is 4.57. The van der Waals surface area contributed by atoms with E-state index in [1.807, 2.05) is 18.2 Å². The molecule has 0 fully saturated rings. The lowest BCUT2D eigenvalue weighted by Crippen LogP contribution is -2.45. The van der Waals surface area contributed by atoms with Crippen LogP contribution in [0.1, 0.15) is 20.3 Å². The van der Waals surface area contributed by atoms with Gasteiger partial charge in [0.25, 0.3) is 5.91 Å². The van der Waals surface area contributed by atoms with Crippen LogP contribution in [0.2, 0.25) is 0 Å². The molecule has 0 aromatic heterocycles. The van der Waals surface area contributed by atoms with Gasteiger partial charge in [0.2, 0.25) is 5.91 Å². The molecule has 1 heterocycles. The zero-order chi connectivity index (χ0) is 14.5. The number of hydrogen-bond donors (Lipinski definition) is 1. The highest BCUT2D eigenvalue weighted by Crippen LogP contribution is 2.33. The number of fused-ring (bicyclic) bond motifs is 1. The molecule has 0 saturated heterocycles. The molecule has 2 amide bonds. The Morgan fingerprint density at radius 3 is 2.95 bits per heavy atom. The zero-order valence-corrected chi connectivity index (χ0v) is 11.6. The fourth-order valence-corrected chi connectivity index (χ4v) is 2.01. The molecule has 1 N–H and O–H groups in total. The maximum Gasteiger partial charge on any atom is 0.267 e.